The molecule has 2 unspecified atom stereocenters. The van der Waals surface area contributed by atoms with Gasteiger partial charge in [-0.3, -0.25) is 4.90 Å². The highest BCUT2D eigenvalue weighted by molar-refractivity contribution is 5.55. The molecule has 3 nitrogen and oxygen atoms in total. The molecule has 2 aliphatic heterocycles. The lowest BCUT2D eigenvalue weighted by molar-refractivity contribution is 0.131. The fourth-order valence-electron chi connectivity index (χ4n) is 3.15. The molecule has 1 aromatic rings. The van der Waals surface area contributed by atoms with Gasteiger partial charge in [-0.25, -0.2) is 4.39 Å². The Bertz CT molecular complexity index is 429. The molecule has 0 aliphatic carbocycles. The molecule has 0 bridgehead atoms. The predicted octanol–water partition coefficient (Wildman–Crippen LogP) is 1.83. The first-order valence-corrected chi connectivity index (χ1v) is 6.74. The number of rotatable bonds is 1. The second kappa shape index (κ2) is 4.86. The summed E-state index contributed by atoms with van der Waals surface area (Å²) in [6.45, 7) is 7.36. The molecule has 1 fully saturated rings. The summed E-state index contributed by atoms with van der Waals surface area (Å²) in [5, 5.41) is 6.77. The van der Waals surface area contributed by atoms with Gasteiger partial charge in [-0.2, -0.15) is 0 Å². The molecule has 0 spiro atoms. The van der Waals surface area contributed by atoms with Gasteiger partial charge in [0.05, 0.1) is 0 Å². The van der Waals surface area contributed by atoms with Crippen molar-refractivity contribution >= 4 is 5.69 Å². The highest BCUT2D eigenvalue weighted by Gasteiger charge is 2.32. The van der Waals surface area contributed by atoms with Crippen molar-refractivity contribution in [3.8, 4) is 0 Å². The van der Waals surface area contributed by atoms with Crippen LogP contribution in [0.15, 0.2) is 18.2 Å². The van der Waals surface area contributed by atoms with Gasteiger partial charge in [0.2, 0.25) is 0 Å². The topological polar surface area (TPSA) is 27.3 Å². The molecule has 0 amide bonds. The van der Waals surface area contributed by atoms with Gasteiger partial charge in [-0.05, 0) is 29.7 Å². The Hall–Kier alpha value is -1.13. The predicted molar refractivity (Wildman–Crippen MR) is 71.2 cm³/mol. The van der Waals surface area contributed by atoms with Crippen LogP contribution < -0.4 is 10.6 Å². The Balaban J connectivity index is 1.95. The van der Waals surface area contributed by atoms with E-state index >= 15 is 0 Å². The van der Waals surface area contributed by atoms with Crippen LogP contribution in [0.25, 0.3) is 0 Å². The van der Waals surface area contributed by atoms with Gasteiger partial charge in [-0.1, -0.05) is 6.92 Å². The number of nitrogens with zero attached hydrogens (tertiary/aromatic N) is 1. The minimum Gasteiger partial charge on any atom is -0.384 e. The highest BCUT2D eigenvalue weighted by atomic mass is 19.1. The zero-order valence-electron chi connectivity index (χ0n) is 10.7. The first kappa shape index (κ1) is 11.9. The lowest BCUT2D eigenvalue weighted by atomic mass is 9.88. The standard InChI is InChI=1S/C14H20FN3/c1-10-9-17-13-3-2-11(15)8-12(13)14(10)18-6-4-16-5-7-18/h2-3,8,10,14,16-17H,4-7,9H2,1H3. The number of benzene rings is 1. The van der Waals surface area contributed by atoms with Crippen LogP contribution >= 0.6 is 0 Å². The van der Waals surface area contributed by atoms with Crippen molar-refractivity contribution in [2.45, 2.75) is 13.0 Å². The number of halogens is 1. The van der Waals surface area contributed by atoms with Gasteiger partial charge in [0, 0.05) is 44.5 Å². The average Bonchev–Trinajstić information content (AvgIpc) is 2.39. The minimum atomic E-state index is -0.134. The normalized spacial score (nSPS) is 28.6. The van der Waals surface area contributed by atoms with E-state index in [1.807, 2.05) is 6.07 Å². The molecule has 1 saturated heterocycles. The quantitative estimate of drug-likeness (QED) is 0.795. The summed E-state index contributed by atoms with van der Waals surface area (Å²) >= 11 is 0. The van der Waals surface area contributed by atoms with Crippen molar-refractivity contribution in [1.29, 1.82) is 0 Å². The number of hydrogen-bond donors (Lipinski definition) is 2. The fraction of sp³-hybridized carbons (Fsp3) is 0.571. The monoisotopic (exact) mass is 249 g/mol. The van der Waals surface area contributed by atoms with Crippen LogP contribution in [-0.2, 0) is 0 Å². The first-order valence-electron chi connectivity index (χ1n) is 6.74. The number of hydrogen-bond acceptors (Lipinski definition) is 3. The van der Waals surface area contributed by atoms with Crippen LogP contribution in [-0.4, -0.2) is 37.6 Å². The third-order valence-corrected chi connectivity index (χ3v) is 4.03. The third-order valence-electron chi connectivity index (χ3n) is 4.03. The second-order valence-electron chi connectivity index (χ2n) is 5.32. The molecule has 2 aliphatic rings. The van der Waals surface area contributed by atoms with Crippen LogP contribution in [0.5, 0.6) is 0 Å². The summed E-state index contributed by atoms with van der Waals surface area (Å²) in [5.41, 5.74) is 2.22. The van der Waals surface area contributed by atoms with Gasteiger partial charge in [0.15, 0.2) is 0 Å². The molecule has 0 radical (unpaired) electrons. The van der Waals surface area contributed by atoms with Crippen molar-refractivity contribution in [3.63, 3.8) is 0 Å². The van der Waals surface area contributed by atoms with Gasteiger partial charge in [-0.15, -0.1) is 0 Å². The van der Waals surface area contributed by atoms with E-state index in [0.29, 0.717) is 12.0 Å². The van der Waals surface area contributed by atoms with Crippen LogP contribution in [0.4, 0.5) is 10.1 Å². The molecular weight excluding hydrogens is 229 g/mol. The molecule has 3 rings (SSSR count). The summed E-state index contributed by atoms with van der Waals surface area (Å²) < 4.78 is 13.5. The van der Waals surface area contributed by atoms with E-state index in [4.69, 9.17) is 0 Å². The molecule has 2 heterocycles. The molecule has 0 saturated carbocycles. The van der Waals surface area contributed by atoms with Crippen molar-refractivity contribution in [3.05, 3.63) is 29.6 Å². The maximum atomic E-state index is 13.5. The molecule has 18 heavy (non-hydrogen) atoms. The molecular formula is C14H20FN3. The van der Waals surface area contributed by atoms with E-state index < -0.39 is 0 Å². The van der Waals surface area contributed by atoms with Crippen molar-refractivity contribution < 1.29 is 4.39 Å². The van der Waals surface area contributed by atoms with Gasteiger partial charge >= 0.3 is 0 Å². The lowest BCUT2D eigenvalue weighted by Gasteiger charge is -2.42. The third kappa shape index (κ3) is 2.10. The first-order chi connectivity index (χ1) is 8.75. The van der Waals surface area contributed by atoms with E-state index in [9.17, 15) is 4.39 Å². The number of piperazine rings is 1. The number of nitrogens with one attached hydrogen (secondary N) is 2. The Morgan fingerprint density at radius 2 is 2.06 bits per heavy atom. The summed E-state index contributed by atoms with van der Waals surface area (Å²) in [7, 11) is 0. The second-order valence-corrected chi connectivity index (χ2v) is 5.32. The Morgan fingerprint density at radius 1 is 1.28 bits per heavy atom. The SMILES string of the molecule is CC1CNc2ccc(F)cc2C1N1CCNCC1. The summed E-state index contributed by atoms with van der Waals surface area (Å²) in [6, 6.07) is 5.45. The van der Waals surface area contributed by atoms with E-state index in [0.717, 1.165) is 44.0 Å². The molecule has 98 valence electrons. The van der Waals surface area contributed by atoms with Crippen molar-refractivity contribution in [2.75, 3.05) is 38.0 Å². The van der Waals surface area contributed by atoms with Crippen molar-refractivity contribution in [2.24, 2.45) is 5.92 Å². The lowest BCUT2D eigenvalue weighted by Crippen LogP contribution is -2.48. The van der Waals surface area contributed by atoms with Crippen LogP contribution in [0.1, 0.15) is 18.5 Å². The molecule has 2 N–H and O–H groups in total. The summed E-state index contributed by atoms with van der Waals surface area (Å²) in [4.78, 5) is 2.49. The van der Waals surface area contributed by atoms with Crippen molar-refractivity contribution in [1.82, 2.24) is 10.2 Å². The molecule has 2 atom stereocenters. The average molecular weight is 249 g/mol. The Kier molecular flexibility index (Phi) is 3.22. The fourth-order valence-corrected chi connectivity index (χ4v) is 3.15. The number of anilines is 1. The van der Waals surface area contributed by atoms with Crippen LogP contribution in [0, 0.1) is 11.7 Å². The summed E-state index contributed by atoms with van der Waals surface area (Å²) in [5.74, 6) is 0.377. The minimum absolute atomic E-state index is 0.134. The van der Waals surface area contributed by atoms with Gasteiger partial charge in [0.1, 0.15) is 5.82 Å². The van der Waals surface area contributed by atoms with E-state index in [1.54, 1.807) is 6.07 Å². The van der Waals surface area contributed by atoms with Crippen LogP contribution in [0.2, 0.25) is 0 Å². The molecule has 0 aromatic heterocycles. The smallest absolute Gasteiger partial charge is 0.123 e. The van der Waals surface area contributed by atoms with Gasteiger partial charge in [0.25, 0.3) is 0 Å². The Labute approximate surface area is 107 Å². The van der Waals surface area contributed by atoms with E-state index in [-0.39, 0.29) is 5.82 Å². The van der Waals surface area contributed by atoms with E-state index in [2.05, 4.69) is 22.5 Å². The summed E-state index contributed by atoms with van der Waals surface area (Å²) in [6.07, 6.45) is 0. The molecule has 1 aromatic carbocycles. The Morgan fingerprint density at radius 3 is 2.83 bits per heavy atom. The zero-order valence-corrected chi connectivity index (χ0v) is 10.7. The van der Waals surface area contributed by atoms with Crippen LogP contribution in [0.3, 0.4) is 0 Å². The maximum Gasteiger partial charge on any atom is 0.123 e. The zero-order chi connectivity index (χ0) is 12.5. The van der Waals surface area contributed by atoms with Gasteiger partial charge < -0.3 is 10.6 Å². The highest BCUT2D eigenvalue weighted by Crippen LogP contribution is 2.37. The maximum absolute atomic E-state index is 13.5. The number of fused-ring (bicyclic) bond motifs is 1. The molecule has 4 heteroatoms. The van der Waals surface area contributed by atoms with E-state index in [1.165, 1.54) is 6.07 Å². The largest absolute Gasteiger partial charge is 0.384 e.